The number of halogens is 3. The van der Waals surface area contributed by atoms with Crippen LogP contribution in [0.5, 0.6) is 5.75 Å². The molecule has 0 amide bonds. The van der Waals surface area contributed by atoms with Gasteiger partial charge in [-0.15, -0.1) is 0 Å². The van der Waals surface area contributed by atoms with Crippen LogP contribution in [-0.4, -0.2) is 5.11 Å². The zero-order chi connectivity index (χ0) is 14.0. The number of phenolic OH excluding ortho intramolecular Hbond substituents is 1. The molecule has 0 aliphatic carbocycles. The molecule has 0 aliphatic rings. The van der Waals surface area contributed by atoms with Crippen LogP contribution in [0.1, 0.15) is 18.5 Å². The van der Waals surface area contributed by atoms with Crippen LogP contribution in [0.4, 0.5) is 18.9 Å². The topological polar surface area (TPSA) is 32.3 Å². The minimum atomic E-state index is -0.744. The van der Waals surface area contributed by atoms with Crippen molar-refractivity contribution < 1.29 is 18.3 Å². The molecule has 0 radical (unpaired) electrons. The molecule has 0 bridgehead atoms. The van der Waals surface area contributed by atoms with Crippen LogP contribution in [0.15, 0.2) is 36.4 Å². The summed E-state index contributed by atoms with van der Waals surface area (Å²) in [7, 11) is 0. The van der Waals surface area contributed by atoms with Gasteiger partial charge in [-0.1, -0.05) is 6.07 Å². The minimum Gasteiger partial charge on any atom is -0.508 e. The fraction of sp³-hybridized carbons (Fsp3) is 0.143. The first-order chi connectivity index (χ1) is 8.97. The standard InChI is InChI=1S/C14H12F3NO/c1-8(11-4-3-10(19)7-12(11)16)18-14-5-2-9(15)6-13(14)17/h2-8,18-19H,1H3. The Bertz CT molecular complexity index is 601. The predicted octanol–water partition coefficient (Wildman–Crippen LogP) is 3.98. The van der Waals surface area contributed by atoms with Gasteiger partial charge in [-0.05, 0) is 25.1 Å². The summed E-state index contributed by atoms with van der Waals surface area (Å²) in [5, 5.41) is 11.9. The van der Waals surface area contributed by atoms with Crippen molar-refractivity contribution in [2.45, 2.75) is 13.0 Å². The lowest BCUT2D eigenvalue weighted by molar-refractivity contribution is 0.467. The maximum Gasteiger partial charge on any atom is 0.149 e. The molecule has 0 saturated heterocycles. The fourth-order valence-corrected chi connectivity index (χ4v) is 1.78. The van der Waals surface area contributed by atoms with E-state index in [0.29, 0.717) is 0 Å². The highest BCUT2D eigenvalue weighted by molar-refractivity contribution is 5.47. The molecule has 2 nitrogen and oxygen atoms in total. The first-order valence-corrected chi connectivity index (χ1v) is 5.67. The van der Waals surface area contributed by atoms with E-state index in [1.165, 1.54) is 18.2 Å². The highest BCUT2D eigenvalue weighted by atomic mass is 19.1. The van der Waals surface area contributed by atoms with E-state index >= 15 is 0 Å². The van der Waals surface area contributed by atoms with Crippen LogP contribution in [0.25, 0.3) is 0 Å². The molecule has 0 heterocycles. The van der Waals surface area contributed by atoms with E-state index in [0.717, 1.165) is 18.2 Å². The van der Waals surface area contributed by atoms with E-state index in [2.05, 4.69) is 5.32 Å². The number of aromatic hydroxyl groups is 1. The number of benzene rings is 2. The summed E-state index contributed by atoms with van der Waals surface area (Å²) in [6.45, 7) is 1.64. The zero-order valence-corrected chi connectivity index (χ0v) is 10.1. The fourth-order valence-electron chi connectivity index (χ4n) is 1.78. The smallest absolute Gasteiger partial charge is 0.149 e. The number of hydrogen-bond donors (Lipinski definition) is 2. The van der Waals surface area contributed by atoms with Crippen molar-refractivity contribution in [3.8, 4) is 5.75 Å². The summed E-state index contributed by atoms with van der Waals surface area (Å²) in [6.07, 6.45) is 0. The van der Waals surface area contributed by atoms with Gasteiger partial charge in [0.05, 0.1) is 11.7 Å². The number of nitrogens with one attached hydrogen (secondary N) is 1. The Balaban J connectivity index is 2.23. The third-order valence-corrected chi connectivity index (χ3v) is 2.75. The first-order valence-electron chi connectivity index (χ1n) is 5.67. The van der Waals surface area contributed by atoms with Crippen molar-refractivity contribution in [2.24, 2.45) is 0 Å². The van der Waals surface area contributed by atoms with Gasteiger partial charge < -0.3 is 10.4 Å². The lowest BCUT2D eigenvalue weighted by Crippen LogP contribution is -2.09. The van der Waals surface area contributed by atoms with E-state index in [1.807, 2.05) is 0 Å². The average Bonchev–Trinajstić information content (AvgIpc) is 2.32. The summed E-state index contributed by atoms with van der Waals surface area (Å²) in [5.41, 5.74) is 0.364. The first kappa shape index (κ1) is 13.3. The van der Waals surface area contributed by atoms with Crippen LogP contribution in [0, 0.1) is 17.5 Å². The molecule has 0 aliphatic heterocycles. The highest BCUT2D eigenvalue weighted by Gasteiger charge is 2.13. The molecule has 0 aromatic heterocycles. The van der Waals surface area contributed by atoms with Gasteiger partial charge in [0.25, 0.3) is 0 Å². The van der Waals surface area contributed by atoms with Crippen molar-refractivity contribution in [1.29, 1.82) is 0 Å². The number of phenols is 1. The van der Waals surface area contributed by atoms with Gasteiger partial charge in [-0.3, -0.25) is 0 Å². The third kappa shape index (κ3) is 2.99. The Morgan fingerprint density at radius 2 is 1.74 bits per heavy atom. The third-order valence-electron chi connectivity index (χ3n) is 2.75. The van der Waals surface area contributed by atoms with Gasteiger partial charge in [-0.2, -0.15) is 0 Å². The van der Waals surface area contributed by atoms with Crippen LogP contribution >= 0.6 is 0 Å². The summed E-state index contributed by atoms with van der Waals surface area (Å²) >= 11 is 0. The quantitative estimate of drug-likeness (QED) is 0.881. The van der Waals surface area contributed by atoms with Crippen molar-refractivity contribution in [1.82, 2.24) is 0 Å². The van der Waals surface area contributed by atoms with Crippen LogP contribution in [0.3, 0.4) is 0 Å². The normalized spacial score (nSPS) is 12.2. The predicted molar refractivity (Wildman–Crippen MR) is 66.5 cm³/mol. The summed E-state index contributed by atoms with van der Waals surface area (Å²) in [6, 6.07) is 6.32. The van der Waals surface area contributed by atoms with E-state index in [-0.39, 0.29) is 17.0 Å². The average molecular weight is 267 g/mol. The molecular weight excluding hydrogens is 255 g/mol. The molecule has 2 aromatic rings. The van der Waals surface area contributed by atoms with Gasteiger partial charge in [0, 0.05) is 17.7 Å². The molecule has 100 valence electrons. The molecule has 19 heavy (non-hydrogen) atoms. The van der Waals surface area contributed by atoms with E-state index < -0.39 is 23.5 Å². The van der Waals surface area contributed by atoms with Crippen molar-refractivity contribution >= 4 is 5.69 Å². The second-order valence-corrected chi connectivity index (χ2v) is 4.20. The molecule has 1 unspecified atom stereocenters. The summed E-state index contributed by atoms with van der Waals surface area (Å²) in [5.74, 6) is -2.19. The van der Waals surface area contributed by atoms with Gasteiger partial charge in [0.15, 0.2) is 0 Å². The van der Waals surface area contributed by atoms with Crippen LogP contribution in [0.2, 0.25) is 0 Å². The Morgan fingerprint density at radius 3 is 2.37 bits per heavy atom. The molecule has 0 spiro atoms. The SMILES string of the molecule is CC(Nc1ccc(F)cc1F)c1ccc(O)cc1F. The maximum absolute atomic E-state index is 13.6. The molecule has 5 heteroatoms. The minimum absolute atomic E-state index is 0.0846. The monoisotopic (exact) mass is 267 g/mol. The van der Waals surface area contributed by atoms with Gasteiger partial charge in [0.1, 0.15) is 23.2 Å². The largest absolute Gasteiger partial charge is 0.508 e. The van der Waals surface area contributed by atoms with Crippen LogP contribution in [-0.2, 0) is 0 Å². The summed E-state index contributed by atoms with van der Waals surface area (Å²) in [4.78, 5) is 0. The van der Waals surface area contributed by atoms with E-state index in [9.17, 15) is 13.2 Å². The number of hydrogen-bond acceptors (Lipinski definition) is 2. The molecule has 0 fully saturated rings. The van der Waals surface area contributed by atoms with E-state index in [4.69, 9.17) is 5.11 Å². The lowest BCUT2D eigenvalue weighted by Gasteiger charge is -2.17. The summed E-state index contributed by atoms with van der Waals surface area (Å²) < 4.78 is 39.8. The molecular formula is C14H12F3NO. The molecule has 0 saturated carbocycles. The van der Waals surface area contributed by atoms with Gasteiger partial charge in [0.2, 0.25) is 0 Å². The number of anilines is 1. The second-order valence-electron chi connectivity index (χ2n) is 4.20. The maximum atomic E-state index is 13.6. The Hall–Kier alpha value is -2.17. The van der Waals surface area contributed by atoms with Crippen molar-refractivity contribution in [2.75, 3.05) is 5.32 Å². The number of rotatable bonds is 3. The Kier molecular flexibility index (Phi) is 3.64. The molecule has 2 N–H and O–H groups in total. The van der Waals surface area contributed by atoms with Gasteiger partial charge in [-0.25, -0.2) is 13.2 Å². The second kappa shape index (κ2) is 5.22. The van der Waals surface area contributed by atoms with Gasteiger partial charge >= 0.3 is 0 Å². The van der Waals surface area contributed by atoms with Crippen molar-refractivity contribution in [3.63, 3.8) is 0 Å². The van der Waals surface area contributed by atoms with Crippen LogP contribution < -0.4 is 5.32 Å². The molecule has 2 rings (SSSR count). The lowest BCUT2D eigenvalue weighted by atomic mass is 10.1. The highest BCUT2D eigenvalue weighted by Crippen LogP contribution is 2.25. The van der Waals surface area contributed by atoms with Crippen molar-refractivity contribution in [3.05, 3.63) is 59.4 Å². The molecule has 2 aromatic carbocycles. The van der Waals surface area contributed by atoms with E-state index in [1.54, 1.807) is 6.92 Å². The molecule has 1 atom stereocenters. The Morgan fingerprint density at radius 1 is 1.00 bits per heavy atom. The Labute approximate surface area is 108 Å². The zero-order valence-electron chi connectivity index (χ0n) is 10.1.